The third kappa shape index (κ3) is 2.12. The monoisotopic (exact) mass is 169 g/mol. The normalized spacial score (nSPS) is 10.5. The maximum atomic E-state index is 10.1. The molecule has 1 aromatic heterocycles. The number of rotatable bonds is 3. The third-order valence-electron chi connectivity index (χ3n) is 1.36. The fraction of sp³-hybridized carbons (Fsp3) is 0.500. The van der Waals surface area contributed by atoms with Gasteiger partial charge in [0.05, 0.1) is 10.7 Å². The Bertz CT molecular complexity index is 242. The quantitative estimate of drug-likeness (QED) is 0.648. The largest absolute Gasteiger partial charge is 0.303 e. The average molecular weight is 169 g/mol. The number of carbonyl (C=O) groups excluding carboxylic acids is 1. The van der Waals surface area contributed by atoms with Crippen molar-refractivity contribution in [3.05, 3.63) is 16.1 Å². The number of carbonyl (C=O) groups is 1. The highest BCUT2D eigenvalue weighted by Gasteiger charge is 2.04. The molecule has 3 heteroatoms. The molecule has 0 atom stereocenters. The Morgan fingerprint density at radius 1 is 1.73 bits per heavy atom. The van der Waals surface area contributed by atoms with Crippen LogP contribution in [0.1, 0.15) is 30.5 Å². The summed E-state index contributed by atoms with van der Waals surface area (Å²) < 4.78 is 0. The summed E-state index contributed by atoms with van der Waals surface area (Å²) in [5, 5.41) is 3.06. The van der Waals surface area contributed by atoms with Crippen LogP contribution in [0.2, 0.25) is 0 Å². The molecule has 0 spiro atoms. The molecule has 1 aromatic rings. The Kier molecular flexibility index (Phi) is 2.76. The lowest BCUT2D eigenvalue weighted by Gasteiger charge is -1.95. The molecule has 0 amide bonds. The number of aromatic nitrogens is 1. The summed E-state index contributed by atoms with van der Waals surface area (Å²) in [4.78, 5) is 14.4. The fourth-order valence-electron chi connectivity index (χ4n) is 0.767. The summed E-state index contributed by atoms with van der Waals surface area (Å²) in [5.74, 6) is 0.473. The van der Waals surface area contributed by atoms with Crippen LogP contribution in [0.5, 0.6) is 0 Å². The van der Waals surface area contributed by atoms with Gasteiger partial charge in [0.1, 0.15) is 6.29 Å². The Labute approximate surface area is 70.3 Å². The summed E-state index contributed by atoms with van der Waals surface area (Å²) in [6.45, 7) is 4.20. The fourth-order valence-corrected chi connectivity index (χ4v) is 1.61. The molecule has 0 aliphatic carbocycles. The molecular weight excluding hydrogens is 158 g/mol. The Hall–Kier alpha value is -0.700. The zero-order valence-corrected chi connectivity index (χ0v) is 7.52. The second-order valence-corrected chi connectivity index (χ2v) is 3.59. The van der Waals surface area contributed by atoms with Crippen LogP contribution in [-0.4, -0.2) is 11.3 Å². The molecular formula is C8H11NOS. The highest BCUT2D eigenvalue weighted by Crippen LogP contribution is 2.18. The molecule has 0 aromatic carbocycles. The first-order valence-corrected chi connectivity index (χ1v) is 4.50. The molecule has 0 aliphatic heterocycles. The van der Waals surface area contributed by atoms with Crippen LogP contribution in [0.25, 0.3) is 0 Å². The first-order valence-electron chi connectivity index (χ1n) is 3.62. The molecule has 60 valence electrons. The molecule has 0 saturated carbocycles. The maximum absolute atomic E-state index is 10.1. The standard InChI is InChI=1S/C8H11NOS/c1-6(2)8-9-7(3-4-10)5-11-8/h4-6H,3H2,1-2H3. The number of hydrogen-bond acceptors (Lipinski definition) is 3. The van der Waals surface area contributed by atoms with Gasteiger partial charge in [-0.15, -0.1) is 11.3 Å². The van der Waals surface area contributed by atoms with Crippen LogP contribution >= 0.6 is 11.3 Å². The molecule has 0 aliphatic rings. The number of thiazole rings is 1. The van der Waals surface area contributed by atoms with Crippen molar-refractivity contribution >= 4 is 17.6 Å². The molecule has 0 bridgehead atoms. The van der Waals surface area contributed by atoms with E-state index in [9.17, 15) is 4.79 Å². The van der Waals surface area contributed by atoms with Crippen molar-refractivity contribution in [3.8, 4) is 0 Å². The van der Waals surface area contributed by atoms with E-state index in [1.807, 2.05) is 5.38 Å². The maximum Gasteiger partial charge on any atom is 0.125 e. The first-order chi connectivity index (χ1) is 5.24. The van der Waals surface area contributed by atoms with Gasteiger partial charge in [0.15, 0.2) is 0 Å². The predicted molar refractivity (Wildman–Crippen MR) is 46.0 cm³/mol. The van der Waals surface area contributed by atoms with Crippen molar-refractivity contribution in [1.82, 2.24) is 4.98 Å². The average Bonchev–Trinajstić information content (AvgIpc) is 2.37. The van der Waals surface area contributed by atoms with Crippen molar-refractivity contribution in [1.29, 1.82) is 0 Å². The third-order valence-corrected chi connectivity index (χ3v) is 2.55. The summed E-state index contributed by atoms with van der Waals surface area (Å²) in [6.07, 6.45) is 1.34. The molecule has 2 nitrogen and oxygen atoms in total. The predicted octanol–water partition coefficient (Wildman–Crippen LogP) is 2.01. The molecule has 0 saturated heterocycles. The Morgan fingerprint density at radius 2 is 2.45 bits per heavy atom. The van der Waals surface area contributed by atoms with Crippen molar-refractivity contribution in [3.63, 3.8) is 0 Å². The van der Waals surface area contributed by atoms with Crippen molar-refractivity contribution in [2.75, 3.05) is 0 Å². The Balaban J connectivity index is 2.73. The van der Waals surface area contributed by atoms with E-state index in [4.69, 9.17) is 0 Å². The van der Waals surface area contributed by atoms with Gasteiger partial charge in [-0.25, -0.2) is 4.98 Å². The van der Waals surface area contributed by atoms with Crippen LogP contribution in [-0.2, 0) is 11.2 Å². The Morgan fingerprint density at radius 3 is 2.91 bits per heavy atom. The zero-order valence-electron chi connectivity index (χ0n) is 6.70. The zero-order chi connectivity index (χ0) is 8.27. The van der Waals surface area contributed by atoms with Crippen LogP contribution in [0.4, 0.5) is 0 Å². The van der Waals surface area contributed by atoms with Crippen LogP contribution < -0.4 is 0 Å². The van der Waals surface area contributed by atoms with Gasteiger partial charge in [-0.3, -0.25) is 0 Å². The van der Waals surface area contributed by atoms with Gasteiger partial charge in [0.25, 0.3) is 0 Å². The van der Waals surface area contributed by atoms with E-state index in [2.05, 4.69) is 18.8 Å². The van der Waals surface area contributed by atoms with Gasteiger partial charge in [0, 0.05) is 17.7 Å². The molecule has 1 rings (SSSR count). The van der Waals surface area contributed by atoms with E-state index in [0.29, 0.717) is 12.3 Å². The SMILES string of the molecule is CC(C)c1nc(CC=O)cs1. The molecule has 0 unspecified atom stereocenters. The van der Waals surface area contributed by atoms with Gasteiger partial charge in [-0.05, 0) is 0 Å². The molecule has 11 heavy (non-hydrogen) atoms. The van der Waals surface area contributed by atoms with E-state index in [0.717, 1.165) is 17.0 Å². The van der Waals surface area contributed by atoms with Gasteiger partial charge in [-0.2, -0.15) is 0 Å². The highest BCUT2D eigenvalue weighted by molar-refractivity contribution is 7.09. The van der Waals surface area contributed by atoms with Crippen molar-refractivity contribution in [2.45, 2.75) is 26.2 Å². The topological polar surface area (TPSA) is 30.0 Å². The number of nitrogens with zero attached hydrogens (tertiary/aromatic N) is 1. The van der Waals surface area contributed by atoms with Crippen LogP contribution in [0.3, 0.4) is 0 Å². The van der Waals surface area contributed by atoms with Gasteiger partial charge >= 0.3 is 0 Å². The number of hydrogen-bond donors (Lipinski definition) is 0. The van der Waals surface area contributed by atoms with Gasteiger partial charge < -0.3 is 4.79 Å². The lowest BCUT2D eigenvalue weighted by molar-refractivity contribution is -0.107. The summed E-state index contributed by atoms with van der Waals surface area (Å²) in [6, 6.07) is 0. The highest BCUT2D eigenvalue weighted by atomic mass is 32.1. The lowest BCUT2D eigenvalue weighted by Crippen LogP contribution is -1.89. The second-order valence-electron chi connectivity index (χ2n) is 2.70. The number of aldehydes is 1. The minimum absolute atomic E-state index is 0.448. The summed E-state index contributed by atoms with van der Waals surface area (Å²) >= 11 is 1.63. The van der Waals surface area contributed by atoms with E-state index < -0.39 is 0 Å². The van der Waals surface area contributed by atoms with E-state index in [1.54, 1.807) is 11.3 Å². The molecule has 0 N–H and O–H groups in total. The first kappa shape index (κ1) is 8.40. The van der Waals surface area contributed by atoms with Gasteiger partial charge in [0.2, 0.25) is 0 Å². The molecule has 1 heterocycles. The lowest BCUT2D eigenvalue weighted by atomic mass is 10.2. The van der Waals surface area contributed by atoms with Crippen molar-refractivity contribution < 1.29 is 4.79 Å². The molecule has 0 radical (unpaired) electrons. The van der Waals surface area contributed by atoms with E-state index in [-0.39, 0.29) is 0 Å². The minimum atomic E-state index is 0.448. The van der Waals surface area contributed by atoms with E-state index >= 15 is 0 Å². The summed E-state index contributed by atoms with van der Waals surface area (Å²) in [5.41, 5.74) is 0.897. The smallest absolute Gasteiger partial charge is 0.125 e. The van der Waals surface area contributed by atoms with Crippen LogP contribution in [0.15, 0.2) is 5.38 Å². The molecule has 0 fully saturated rings. The second kappa shape index (κ2) is 3.62. The minimum Gasteiger partial charge on any atom is -0.303 e. The van der Waals surface area contributed by atoms with Crippen molar-refractivity contribution in [2.24, 2.45) is 0 Å². The van der Waals surface area contributed by atoms with Crippen LogP contribution in [0, 0.1) is 0 Å². The van der Waals surface area contributed by atoms with Gasteiger partial charge in [-0.1, -0.05) is 13.8 Å². The summed E-state index contributed by atoms with van der Waals surface area (Å²) in [7, 11) is 0. The van der Waals surface area contributed by atoms with E-state index in [1.165, 1.54) is 0 Å².